The van der Waals surface area contributed by atoms with Gasteiger partial charge in [-0.25, -0.2) is 9.59 Å². The Morgan fingerprint density at radius 1 is 0.970 bits per heavy atom. The number of nitrogens with one attached hydrogen (secondary N) is 2. The molecular weight excluding hydrogens is 416 g/mol. The molecule has 5 fully saturated rings. The van der Waals surface area contributed by atoms with Gasteiger partial charge in [0.2, 0.25) is 0 Å². The molecule has 4 bridgehead atoms. The molecule has 0 aromatic heterocycles. The van der Waals surface area contributed by atoms with Crippen molar-refractivity contribution in [2.45, 2.75) is 88.7 Å². The Kier molecular flexibility index (Phi) is 6.53. The van der Waals surface area contributed by atoms with Gasteiger partial charge in [0, 0.05) is 18.5 Å². The molecule has 0 aliphatic heterocycles. The van der Waals surface area contributed by atoms with E-state index in [4.69, 9.17) is 9.84 Å². The zero-order valence-corrected chi connectivity index (χ0v) is 19.6. The largest absolute Gasteiger partial charge is 0.490 e. The van der Waals surface area contributed by atoms with Crippen LogP contribution < -0.4 is 15.4 Å². The Labute approximate surface area is 196 Å². The number of hydrogen-bond acceptors (Lipinski definition) is 3. The minimum absolute atomic E-state index is 0.0230. The molecule has 0 heterocycles. The molecule has 6 nitrogen and oxygen atoms in total. The number of carboxylic acid groups (broad SMARTS) is 1. The quantitative estimate of drug-likeness (QED) is 0.493. The van der Waals surface area contributed by atoms with Gasteiger partial charge in [-0.15, -0.1) is 0 Å². The van der Waals surface area contributed by atoms with Gasteiger partial charge in [0.05, 0.1) is 5.56 Å². The van der Waals surface area contributed by atoms with Crippen molar-refractivity contribution in [2.24, 2.45) is 23.7 Å². The van der Waals surface area contributed by atoms with Crippen LogP contribution in [0.1, 0.15) is 87.4 Å². The molecule has 0 radical (unpaired) electrons. The van der Waals surface area contributed by atoms with E-state index >= 15 is 0 Å². The van der Waals surface area contributed by atoms with Crippen molar-refractivity contribution in [3.63, 3.8) is 0 Å². The van der Waals surface area contributed by atoms with Crippen LogP contribution in [0, 0.1) is 23.7 Å². The molecule has 0 spiro atoms. The van der Waals surface area contributed by atoms with Crippen LogP contribution in [0.5, 0.6) is 5.75 Å². The second-order valence-electron chi connectivity index (χ2n) is 11.3. The number of benzene rings is 1. The lowest BCUT2D eigenvalue weighted by molar-refractivity contribution is -0.0135. The highest BCUT2D eigenvalue weighted by atomic mass is 16.5. The van der Waals surface area contributed by atoms with Gasteiger partial charge in [-0.3, -0.25) is 0 Å². The highest BCUT2D eigenvalue weighted by Gasteiger charge is 2.51. The Morgan fingerprint density at radius 2 is 1.58 bits per heavy atom. The summed E-state index contributed by atoms with van der Waals surface area (Å²) in [5.41, 5.74) is 0.295. The Bertz CT molecular complexity index is 811. The lowest BCUT2D eigenvalue weighted by Gasteiger charge is -2.56. The van der Waals surface area contributed by atoms with Crippen molar-refractivity contribution in [2.75, 3.05) is 6.54 Å². The van der Waals surface area contributed by atoms with E-state index in [1.165, 1.54) is 38.5 Å². The van der Waals surface area contributed by atoms with E-state index in [2.05, 4.69) is 10.6 Å². The molecule has 1 atom stereocenters. The summed E-state index contributed by atoms with van der Waals surface area (Å²) in [5, 5.41) is 15.7. The van der Waals surface area contributed by atoms with Gasteiger partial charge in [-0.1, -0.05) is 19.3 Å². The molecule has 6 rings (SSSR count). The minimum Gasteiger partial charge on any atom is -0.490 e. The number of carbonyl (C=O) groups excluding carboxylic acids is 1. The smallest absolute Gasteiger partial charge is 0.335 e. The van der Waals surface area contributed by atoms with Crippen molar-refractivity contribution in [1.29, 1.82) is 0 Å². The van der Waals surface area contributed by atoms with Crippen molar-refractivity contribution < 1.29 is 19.4 Å². The molecule has 3 N–H and O–H groups in total. The van der Waals surface area contributed by atoms with E-state index in [-0.39, 0.29) is 23.2 Å². The van der Waals surface area contributed by atoms with Crippen molar-refractivity contribution >= 4 is 12.0 Å². The van der Waals surface area contributed by atoms with Crippen LogP contribution in [0.4, 0.5) is 4.79 Å². The Balaban J connectivity index is 1.15. The second kappa shape index (κ2) is 9.55. The number of carboxylic acids is 1. The average Bonchev–Trinajstić information content (AvgIpc) is 2.78. The van der Waals surface area contributed by atoms with Gasteiger partial charge in [0.25, 0.3) is 0 Å². The zero-order chi connectivity index (χ0) is 22.8. The van der Waals surface area contributed by atoms with Gasteiger partial charge < -0.3 is 20.5 Å². The van der Waals surface area contributed by atoms with E-state index in [0.29, 0.717) is 18.2 Å². The van der Waals surface area contributed by atoms with E-state index in [1.54, 1.807) is 24.3 Å². The lowest BCUT2D eigenvalue weighted by Crippen LogP contribution is -2.61. The molecule has 2 amide bonds. The molecule has 1 aromatic carbocycles. The van der Waals surface area contributed by atoms with E-state index in [0.717, 1.165) is 56.3 Å². The predicted molar refractivity (Wildman–Crippen MR) is 126 cm³/mol. The topological polar surface area (TPSA) is 87.7 Å². The highest BCUT2D eigenvalue weighted by molar-refractivity contribution is 5.87. The maximum atomic E-state index is 12.8. The van der Waals surface area contributed by atoms with Crippen molar-refractivity contribution in [3.8, 4) is 5.75 Å². The molecule has 6 heteroatoms. The zero-order valence-electron chi connectivity index (χ0n) is 19.6. The number of rotatable bonds is 8. The van der Waals surface area contributed by atoms with Crippen LogP contribution in [0.25, 0.3) is 0 Å². The standard InChI is InChI=1S/C27H38N2O4/c30-25(31)22-6-8-23(9-7-22)33-24(21-4-2-1-3-5-21)10-11-28-26(32)29-27-15-18-12-19(16-27)14-20(13-18)17-27/h6-9,18-21,24H,1-5,10-17H2,(H,30,31)(H2,28,29,32). The van der Waals surface area contributed by atoms with Crippen LogP contribution in [-0.2, 0) is 0 Å². The molecule has 1 aromatic rings. The van der Waals surface area contributed by atoms with Gasteiger partial charge in [0.15, 0.2) is 0 Å². The Morgan fingerprint density at radius 3 is 2.15 bits per heavy atom. The molecule has 5 aliphatic carbocycles. The lowest BCUT2D eigenvalue weighted by atomic mass is 9.53. The summed E-state index contributed by atoms with van der Waals surface area (Å²) in [4.78, 5) is 24.0. The second-order valence-corrected chi connectivity index (χ2v) is 11.3. The summed E-state index contributed by atoms with van der Waals surface area (Å²) in [6.45, 7) is 0.590. The molecule has 180 valence electrons. The first-order valence-electron chi connectivity index (χ1n) is 13.0. The maximum absolute atomic E-state index is 12.8. The number of hydrogen-bond donors (Lipinski definition) is 3. The van der Waals surface area contributed by atoms with E-state index in [9.17, 15) is 9.59 Å². The highest BCUT2D eigenvalue weighted by Crippen LogP contribution is 2.55. The SMILES string of the molecule is O=C(NCCC(Oc1ccc(C(=O)O)cc1)C1CCCCC1)NC12CC3CC(CC(C3)C1)C2. The Hall–Kier alpha value is -2.24. The third-order valence-corrected chi connectivity index (χ3v) is 8.70. The number of urea groups is 1. The fourth-order valence-electron chi connectivity index (χ4n) is 7.62. The predicted octanol–water partition coefficient (Wildman–Crippen LogP) is 5.37. The van der Waals surface area contributed by atoms with Crippen LogP contribution in [0.15, 0.2) is 24.3 Å². The fourth-order valence-corrected chi connectivity index (χ4v) is 7.62. The first-order valence-corrected chi connectivity index (χ1v) is 13.0. The van der Waals surface area contributed by atoms with E-state index < -0.39 is 5.97 Å². The normalized spacial score (nSPS) is 31.7. The van der Waals surface area contributed by atoms with Crippen LogP contribution in [0.3, 0.4) is 0 Å². The molecule has 1 unspecified atom stereocenters. The monoisotopic (exact) mass is 454 g/mol. The summed E-state index contributed by atoms with van der Waals surface area (Å²) in [7, 11) is 0. The summed E-state index contributed by atoms with van der Waals surface area (Å²) in [5.74, 6) is 2.69. The van der Waals surface area contributed by atoms with Crippen LogP contribution >= 0.6 is 0 Å². The molecule has 5 saturated carbocycles. The molecule has 5 aliphatic rings. The molecule has 0 saturated heterocycles. The summed E-state index contributed by atoms with van der Waals surface area (Å²) in [6, 6.07) is 6.64. The number of ether oxygens (including phenoxy) is 1. The summed E-state index contributed by atoms with van der Waals surface area (Å²) < 4.78 is 6.34. The first kappa shape index (κ1) is 22.5. The molecule has 33 heavy (non-hydrogen) atoms. The third kappa shape index (κ3) is 5.30. The van der Waals surface area contributed by atoms with Crippen molar-refractivity contribution in [1.82, 2.24) is 10.6 Å². The number of amides is 2. The van der Waals surface area contributed by atoms with Crippen molar-refractivity contribution in [3.05, 3.63) is 29.8 Å². The summed E-state index contributed by atoms with van der Waals surface area (Å²) in [6.07, 6.45) is 14.4. The molecular formula is C27H38N2O4. The van der Waals surface area contributed by atoms with Gasteiger partial charge in [0.1, 0.15) is 11.9 Å². The minimum atomic E-state index is -0.931. The average molecular weight is 455 g/mol. The fraction of sp³-hybridized carbons (Fsp3) is 0.704. The number of carbonyl (C=O) groups is 2. The van der Waals surface area contributed by atoms with E-state index in [1.807, 2.05) is 0 Å². The van der Waals surface area contributed by atoms with Crippen LogP contribution in [-0.4, -0.2) is 35.3 Å². The van der Waals surface area contributed by atoms with Gasteiger partial charge >= 0.3 is 12.0 Å². The number of aromatic carboxylic acids is 1. The van der Waals surface area contributed by atoms with Gasteiger partial charge in [-0.2, -0.15) is 0 Å². The van der Waals surface area contributed by atoms with Crippen LogP contribution in [0.2, 0.25) is 0 Å². The van der Waals surface area contributed by atoms with Gasteiger partial charge in [-0.05, 0) is 99.3 Å². The third-order valence-electron chi connectivity index (χ3n) is 8.70. The summed E-state index contributed by atoms with van der Waals surface area (Å²) >= 11 is 0. The maximum Gasteiger partial charge on any atom is 0.335 e. The first-order chi connectivity index (χ1) is 16.0.